The lowest BCUT2D eigenvalue weighted by Crippen LogP contribution is -2.56. The summed E-state index contributed by atoms with van der Waals surface area (Å²) >= 11 is 0. The van der Waals surface area contributed by atoms with Crippen LogP contribution in [0.15, 0.2) is 144 Å². The van der Waals surface area contributed by atoms with Gasteiger partial charge < -0.3 is 15.1 Å². The molecule has 2 saturated heterocycles. The standard InChI is InChI=1S/C22H22N6O.C16H18N4.C12H8N4O2/c1-15-13-16(9-11-23-15)18-7-8-19-21(25-18)28(17-5-4-12-27(19)14-17)22(29)26-20-6-2-3-10-24-20;1-11-9-12(6-7-17-11)14-4-5-15-16(19-14)18-13-3-2-8-20(15)10-13;17-11-14-10-6-2-4-8-15(10)12(18)16(11)9-5-1-3-7-13-9/h2-3,6-11,13,17H,4-5,12,14H2,1H3,(H,24,26,29);4-7,9,13H,2-3,8,10H2,1H3,(H,18,19);1-8H/t17-;13-;/m00./s1. The number of fused-ring (bicyclic) bond motifs is 9. The predicted molar refractivity (Wildman–Crippen MR) is 259 cm³/mol. The van der Waals surface area contributed by atoms with Crippen LogP contribution in [0.3, 0.4) is 0 Å². The molecule has 8 aromatic rings. The van der Waals surface area contributed by atoms with Gasteiger partial charge in [-0.15, -0.1) is 0 Å². The van der Waals surface area contributed by atoms with Crippen molar-refractivity contribution in [3.63, 3.8) is 0 Å². The molecule has 2 fully saturated rings. The van der Waals surface area contributed by atoms with Crippen molar-refractivity contribution >= 4 is 40.5 Å². The Morgan fingerprint density at radius 2 is 1.36 bits per heavy atom. The summed E-state index contributed by atoms with van der Waals surface area (Å²) in [6, 6.07) is 32.4. The number of anilines is 5. The van der Waals surface area contributed by atoms with Crippen molar-refractivity contribution in [3.8, 4) is 28.3 Å². The maximum Gasteiger partial charge on any atom is 0.359 e. The molecule has 0 aliphatic carbocycles. The molecule has 17 heteroatoms. The number of aryl methyl sites for hydroxylation is 2. The molecule has 4 bridgehead atoms. The van der Waals surface area contributed by atoms with Crippen LogP contribution < -0.4 is 36.7 Å². The number of amides is 2. The van der Waals surface area contributed by atoms with Crippen LogP contribution in [-0.4, -0.2) is 88.1 Å². The number of aromatic nitrogens is 9. The first-order valence-corrected chi connectivity index (χ1v) is 22.4. The van der Waals surface area contributed by atoms with Crippen molar-refractivity contribution in [3.05, 3.63) is 166 Å². The molecule has 2 amide bonds. The lowest BCUT2D eigenvalue weighted by molar-refractivity contribution is 0.252. The summed E-state index contributed by atoms with van der Waals surface area (Å²) in [5.41, 5.74) is 7.40. The van der Waals surface area contributed by atoms with Gasteiger partial charge >= 0.3 is 17.4 Å². The van der Waals surface area contributed by atoms with E-state index in [-0.39, 0.29) is 17.9 Å². The van der Waals surface area contributed by atoms with Crippen LogP contribution in [0.2, 0.25) is 0 Å². The topological polar surface area (TPSA) is 185 Å². The normalized spacial score (nSPS) is 16.5. The van der Waals surface area contributed by atoms with Gasteiger partial charge in [0, 0.05) is 85.7 Å². The van der Waals surface area contributed by atoms with E-state index in [4.69, 9.17) is 9.97 Å². The van der Waals surface area contributed by atoms with Gasteiger partial charge in [0.1, 0.15) is 17.3 Å². The zero-order chi connectivity index (χ0) is 45.9. The summed E-state index contributed by atoms with van der Waals surface area (Å²) in [4.78, 5) is 74.2. The molecule has 8 aromatic heterocycles. The van der Waals surface area contributed by atoms with E-state index in [1.807, 2.05) is 61.3 Å². The average molecular weight is 893 g/mol. The van der Waals surface area contributed by atoms with Gasteiger partial charge in [0.15, 0.2) is 11.6 Å². The Labute approximate surface area is 385 Å². The fraction of sp³-hybridized carbons (Fsp3) is 0.240. The number of rotatable bonds is 4. The van der Waals surface area contributed by atoms with Gasteiger partial charge in [-0.25, -0.2) is 34.3 Å². The molecule has 0 unspecified atom stereocenters. The molecule has 0 aromatic carbocycles. The van der Waals surface area contributed by atoms with Gasteiger partial charge in [-0.3, -0.25) is 24.6 Å². The first kappa shape index (κ1) is 42.6. The minimum atomic E-state index is -0.634. The molecular formula is C50H48N14O3. The van der Waals surface area contributed by atoms with Crippen molar-refractivity contribution in [1.82, 2.24) is 43.9 Å². The molecule has 2 atom stereocenters. The van der Waals surface area contributed by atoms with Gasteiger partial charge in [0.25, 0.3) is 0 Å². The van der Waals surface area contributed by atoms with Gasteiger partial charge in [0.2, 0.25) is 0 Å². The highest BCUT2D eigenvalue weighted by Crippen LogP contribution is 2.40. The van der Waals surface area contributed by atoms with E-state index >= 15 is 0 Å². The zero-order valence-electron chi connectivity index (χ0n) is 37.1. The molecule has 4 aliphatic heterocycles. The molecule has 2 N–H and O–H groups in total. The van der Waals surface area contributed by atoms with E-state index in [0.717, 1.165) is 89.0 Å². The summed E-state index contributed by atoms with van der Waals surface area (Å²) in [6.45, 7) is 8.07. The van der Waals surface area contributed by atoms with Gasteiger partial charge in [-0.05, 0) is 124 Å². The Kier molecular flexibility index (Phi) is 11.9. The Morgan fingerprint density at radius 3 is 2.07 bits per heavy atom. The second kappa shape index (κ2) is 18.6. The lowest BCUT2D eigenvalue weighted by Gasteiger charge is -2.45. The van der Waals surface area contributed by atoms with Crippen LogP contribution in [0, 0.1) is 13.8 Å². The third-order valence-electron chi connectivity index (χ3n) is 12.2. The Hall–Kier alpha value is -8.34. The number of urea groups is 1. The predicted octanol–water partition coefficient (Wildman–Crippen LogP) is 6.95. The summed E-state index contributed by atoms with van der Waals surface area (Å²) < 4.78 is 2.24. The lowest BCUT2D eigenvalue weighted by atomic mass is 9.99. The van der Waals surface area contributed by atoms with Crippen LogP contribution in [0.4, 0.5) is 33.6 Å². The second-order valence-corrected chi connectivity index (χ2v) is 16.8. The molecule has 336 valence electrons. The molecule has 4 aliphatic rings. The number of nitrogens with zero attached hydrogens (tertiary/aromatic N) is 12. The highest BCUT2D eigenvalue weighted by molar-refractivity contribution is 6.04. The fourth-order valence-corrected chi connectivity index (χ4v) is 9.05. The maximum atomic E-state index is 13.2. The first-order chi connectivity index (χ1) is 32.8. The quantitative estimate of drug-likeness (QED) is 0.185. The summed E-state index contributed by atoms with van der Waals surface area (Å²) in [5.74, 6) is 2.55. The summed E-state index contributed by atoms with van der Waals surface area (Å²) in [5, 5.41) is 6.52. The number of piperidine rings is 2. The SMILES string of the molecule is Cc1cc(-c2ccc3c(n2)N(C(=O)Nc2ccccn2)[C@H]2CCCN3C2)ccn1.Cc1cc(-c2ccc3c(n2)N[C@H]2CCCN3C2)ccn1.O=c1nc2ccccn2c(=O)n1-c1ccccn1. The third kappa shape index (κ3) is 9.03. The second-order valence-electron chi connectivity index (χ2n) is 16.8. The van der Waals surface area contributed by atoms with Crippen molar-refractivity contribution in [2.75, 3.05) is 51.5 Å². The van der Waals surface area contributed by atoms with Crippen LogP contribution in [0.1, 0.15) is 37.1 Å². The molecule has 12 rings (SSSR count). The molecule has 0 radical (unpaired) electrons. The average Bonchev–Trinajstić information content (AvgIpc) is 3.35. The van der Waals surface area contributed by atoms with Crippen LogP contribution in [-0.2, 0) is 0 Å². The van der Waals surface area contributed by atoms with Crippen molar-refractivity contribution < 1.29 is 4.79 Å². The number of pyridine rings is 7. The monoisotopic (exact) mass is 892 g/mol. The zero-order valence-corrected chi connectivity index (χ0v) is 37.1. The first-order valence-electron chi connectivity index (χ1n) is 22.4. The highest BCUT2D eigenvalue weighted by Gasteiger charge is 2.38. The van der Waals surface area contributed by atoms with Gasteiger partial charge in [-0.2, -0.15) is 9.55 Å². The fourth-order valence-electron chi connectivity index (χ4n) is 9.05. The highest BCUT2D eigenvalue weighted by atomic mass is 16.2. The molecular weight excluding hydrogens is 845 g/mol. The van der Waals surface area contributed by atoms with Crippen LogP contribution in [0.25, 0.3) is 34.0 Å². The molecule has 0 spiro atoms. The molecule has 67 heavy (non-hydrogen) atoms. The largest absolute Gasteiger partial charge is 0.366 e. The van der Waals surface area contributed by atoms with E-state index in [2.05, 4.69) is 69.6 Å². The number of carbonyl (C=O) groups excluding carboxylic acids is 1. The number of nitrogens with one attached hydrogen (secondary N) is 2. The third-order valence-corrected chi connectivity index (χ3v) is 12.2. The van der Waals surface area contributed by atoms with Crippen molar-refractivity contribution in [2.24, 2.45) is 0 Å². The molecule has 12 heterocycles. The minimum Gasteiger partial charge on any atom is -0.366 e. The molecule has 0 saturated carbocycles. The minimum absolute atomic E-state index is 0.0990. The molecule has 17 nitrogen and oxygen atoms in total. The van der Waals surface area contributed by atoms with E-state index in [0.29, 0.717) is 23.3 Å². The Bertz CT molecular complexity index is 3200. The summed E-state index contributed by atoms with van der Waals surface area (Å²) in [6.07, 6.45) is 12.9. The maximum absolute atomic E-state index is 13.2. The van der Waals surface area contributed by atoms with Gasteiger partial charge in [-0.1, -0.05) is 18.2 Å². The van der Waals surface area contributed by atoms with E-state index < -0.39 is 11.4 Å². The van der Waals surface area contributed by atoms with Crippen molar-refractivity contribution in [1.29, 1.82) is 0 Å². The summed E-state index contributed by atoms with van der Waals surface area (Å²) in [7, 11) is 0. The number of hydrogen-bond donors (Lipinski definition) is 2. The van der Waals surface area contributed by atoms with Gasteiger partial charge in [0.05, 0.1) is 28.8 Å². The van der Waals surface area contributed by atoms with Crippen LogP contribution >= 0.6 is 0 Å². The Balaban J connectivity index is 0.000000122. The number of hydrogen-bond acceptors (Lipinski definition) is 13. The van der Waals surface area contributed by atoms with Crippen molar-refractivity contribution in [2.45, 2.75) is 51.6 Å². The van der Waals surface area contributed by atoms with E-state index in [1.165, 1.54) is 29.1 Å². The number of carbonyl (C=O) groups is 1. The smallest absolute Gasteiger partial charge is 0.359 e. The van der Waals surface area contributed by atoms with E-state index in [9.17, 15) is 14.4 Å². The Morgan fingerprint density at radius 1 is 0.672 bits per heavy atom. The van der Waals surface area contributed by atoms with E-state index in [1.54, 1.807) is 61.1 Å². The van der Waals surface area contributed by atoms with Crippen LogP contribution in [0.5, 0.6) is 0 Å².